The number of hydrogen-bond acceptors (Lipinski definition) is 8. The first-order valence-corrected chi connectivity index (χ1v) is 14.9. The molecule has 6 rings (SSSR count). The summed E-state index contributed by atoms with van der Waals surface area (Å²) >= 11 is 1.51. The van der Waals surface area contributed by atoms with Gasteiger partial charge in [0, 0.05) is 64.0 Å². The minimum absolute atomic E-state index is 0.0323. The second kappa shape index (κ2) is 11.3. The number of ether oxygens (including phenoxy) is 1. The summed E-state index contributed by atoms with van der Waals surface area (Å²) in [6.45, 7) is 5.42. The van der Waals surface area contributed by atoms with E-state index in [1.807, 2.05) is 6.07 Å². The van der Waals surface area contributed by atoms with Gasteiger partial charge in [0.25, 0.3) is 5.91 Å². The van der Waals surface area contributed by atoms with E-state index in [-0.39, 0.29) is 11.7 Å². The second-order valence-electron chi connectivity index (χ2n) is 11.1. The van der Waals surface area contributed by atoms with Crippen molar-refractivity contribution in [1.29, 1.82) is 0 Å². The maximum absolute atomic E-state index is 15.2. The summed E-state index contributed by atoms with van der Waals surface area (Å²) in [6.07, 6.45) is 10.2. The number of piperidine rings is 1. The average molecular weight is 553 g/mol. The van der Waals surface area contributed by atoms with E-state index in [9.17, 15) is 4.79 Å². The molecule has 0 unspecified atom stereocenters. The normalized spacial score (nSPS) is 19.6. The molecule has 1 aliphatic carbocycles. The molecule has 0 spiro atoms. The third kappa shape index (κ3) is 5.47. The molecule has 2 saturated heterocycles. The van der Waals surface area contributed by atoms with E-state index < -0.39 is 5.82 Å². The van der Waals surface area contributed by atoms with Crippen LogP contribution in [0.4, 0.5) is 21.7 Å². The molecule has 1 amide bonds. The van der Waals surface area contributed by atoms with E-state index in [0.717, 1.165) is 91.3 Å². The van der Waals surface area contributed by atoms with E-state index in [1.54, 1.807) is 37.5 Å². The number of anilines is 3. The van der Waals surface area contributed by atoms with Gasteiger partial charge in [-0.2, -0.15) is 0 Å². The Bertz CT molecular complexity index is 1330. The van der Waals surface area contributed by atoms with E-state index >= 15 is 4.39 Å². The lowest BCUT2D eigenvalue weighted by molar-refractivity contribution is 0.0115. The van der Waals surface area contributed by atoms with E-state index in [0.29, 0.717) is 17.8 Å². The summed E-state index contributed by atoms with van der Waals surface area (Å²) in [5.41, 5.74) is 1.94. The first kappa shape index (κ1) is 26.4. The van der Waals surface area contributed by atoms with Gasteiger partial charge in [0.1, 0.15) is 5.82 Å². The summed E-state index contributed by atoms with van der Waals surface area (Å²) in [5, 5.41) is 4.14. The number of hydrogen-bond donors (Lipinski definition) is 1. The van der Waals surface area contributed by atoms with Crippen molar-refractivity contribution in [3.05, 3.63) is 40.8 Å². The fraction of sp³-hybridized carbons (Fsp3) is 0.552. The van der Waals surface area contributed by atoms with Crippen molar-refractivity contribution in [2.24, 2.45) is 0 Å². The zero-order chi connectivity index (χ0) is 26.9. The van der Waals surface area contributed by atoms with Gasteiger partial charge in [0.2, 0.25) is 0 Å². The monoisotopic (exact) mass is 552 g/mol. The van der Waals surface area contributed by atoms with E-state index in [4.69, 9.17) is 4.74 Å². The lowest BCUT2D eigenvalue weighted by atomic mass is 9.94. The van der Waals surface area contributed by atoms with Gasteiger partial charge in [-0.3, -0.25) is 9.69 Å². The van der Waals surface area contributed by atoms with Crippen LogP contribution < -0.4 is 10.2 Å². The molecule has 3 aliphatic rings. The third-order valence-electron chi connectivity index (χ3n) is 8.44. The maximum atomic E-state index is 15.2. The quantitative estimate of drug-likeness (QED) is 0.449. The predicted molar refractivity (Wildman–Crippen MR) is 154 cm³/mol. The number of rotatable bonds is 6. The Balaban J connectivity index is 1.19. The summed E-state index contributed by atoms with van der Waals surface area (Å²) < 4.78 is 21.7. The molecule has 3 aromatic rings. The molecule has 0 bridgehead atoms. The highest BCUT2D eigenvalue weighted by Gasteiger charge is 2.29. The fourth-order valence-electron chi connectivity index (χ4n) is 6.32. The number of halogens is 1. The number of carbonyl (C=O) groups excluding carboxylic acids is 1. The molecule has 208 valence electrons. The van der Waals surface area contributed by atoms with Gasteiger partial charge in [0.15, 0.2) is 11.6 Å². The molecule has 2 aliphatic heterocycles. The van der Waals surface area contributed by atoms with Crippen LogP contribution in [0.25, 0.3) is 10.1 Å². The minimum atomic E-state index is -0.394. The van der Waals surface area contributed by atoms with Crippen LogP contribution in [-0.2, 0) is 4.74 Å². The molecule has 3 aromatic heterocycles. The van der Waals surface area contributed by atoms with E-state index in [2.05, 4.69) is 25.1 Å². The number of aromatic nitrogens is 2. The number of thiophene rings is 1. The van der Waals surface area contributed by atoms with Crippen molar-refractivity contribution in [2.45, 2.75) is 50.5 Å². The molecule has 5 heterocycles. The topological polar surface area (TPSA) is 73.8 Å². The smallest absolute Gasteiger partial charge is 0.263 e. The number of carbonyl (C=O) groups is 1. The van der Waals surface area contributed by atoms with Gasteiger partial charge in [-0.05, 0) is 43.2 Å². The fourth-order valence-corrected chi connectivity index (χ4v) is 7.58. The zero-order valence-corrected chi connectivity index (χ0v) is 23.6. The van der Waals surface area contributed by atoms with Crippen LogP contribution in [0.2, 0.25) is 0 Å². The highest BCUT2D eigenvalue weighted by atomic mass is 32.1. The van der Waals surface area contributed by atoms with E-state index in [1.165, 1.54) is 24.2 Å². The predicted octanol–water partition coefficient (Wildman–Crippen LogP) is 5.23. The Morgan fingerprint density at radius 1 is 1.05 bits per heavy atom. The van der Waals surface area contributed by atoms with Crippen molar-refractivity contribution in [1.82, 2.24) is 19.8 Å². The standard InChI is InChI=1S/C29H37FN6O2S/c1-34(2)29(37)27-26(19-5-3-4-6-19)22-16-25(31-18-24(22)39-27)33-28-23(30)15-21(17-32-28)35-9-7-20(8-10-35)36-11-13-38-14-12-36/h15-20H,3-14H2,1-2H3,(H,31,32,33). The molecule has 0 aromatic carbocycles. The lowest BCUT2D eigenvalue weighted by Gasteiger charge is -2.40. The van der Waals surface area contributed by atoms with Crippen molar-refractivity contribution in [3.63, 3.8) is 0 Å². The molecular weight excluding hydrogens is 515 g/mol. The second-order valence-corrected chi connectivity index (χ2v) is 12.2. The van der Waals surface area contributed by atoms with Crippen LogP contribution >= 0.6 is 11.3 Å². The van der Waals surface area contributed by atoms with Crippen LogP contribution in [0.3, 0.4) is 0 Å². The summed E-state index contributed by atoms with van der Waals surface area (Å²) in [5.74, 6) is 0.707. The number of fused-ring (bicyclic) bond motifs is 1. The Kier molecular flexibility index (Phi) is 7.68. The minimum Gasteiger partial charge on any atom is -0.379 e. The van der Waals surface area contributed by atoms with Crippen LogP contribution in [0, 0.1) is 5.82 Å². The number of nitrogens with zero attached hydrogens (tertiary/aromatic N) is 5. The number of nitrogens with one attached hydrogen (secondary N) is 1. The molecule has 1 saturated carbocycles. The maximum Gasteiger partial charge on any atom is 0.263 e. The first-order chi connectivity index (χ1) is 19.0. The largest absolute Gasteiger partial charge is 0.379 e. The molecule has 1 N–H and O–H groups in total. The van der Waals surface area contributed by atoms with Crippen molar-refractivity contribution in [2.75, 3.05) is 63.7 Å². The van der Waals surface area contributed by atoms with Crippen LogP contribution in [-0.4, -0.2) is 85.2 Å². The Hall–Kier alpha value is -2.82. The molecule has 0 atom stereocenters. The molecule has 39 heavy (non-hydrogen) atoms. The summed E-state index contributed by atoms with van der Waals surface area (Å²) in [6, 6.07) is 4.10. The molecule has 0 radical (unpaired) electrons. The van der Waals surface area contributed by atoms with Crippen LogP contribution in [0.5, 0.6) is 0 Å². The highest BCUT2D eigenvalue weighted by molar-refractivity contribution is 7.21. The zero-order valence-electron chi connectivity index (χ0n) is 22.8. The third-order valence-corrected chi connectivity index (χ3v) is 9.59. The van der Waals surface area contributed by atoms with Gasteiger partial charge in [0.05, 0.1) is 34.7 Å². The van der Waals surface area contributed by atoms with Gasteiger partial charge < -0.3 is 19.9 Å². The molecule has 3 fully saturated rings. The van der Waals surface area contributed by atoms with Gasteiger partial charge in [-0.1, -0.05) is 12.8 Å². The SMILES string of the molecule is CN(C)C(=O)c1sc2cnc(Nc3ncc(N4CCC(N5CCOCC5)CC4)cc3F)cc2c1C1CCCC1. The Morgan fingerprint density at radius 2 is 1.79 bits per heavy atom. The molecular formula is C29H37FN6O2S. The Labute approximate surface area is 233 Å². The van der Waals surface area contributed by atoms with Crippen LogP contribution in [0.1, 0.15) is 59.7 Å². The van der Waals surface area contributed by atoms with Gasteiger partial charge in [-0.25, -0.2) is 14.4 Å². The average Bonchev–Trinajstić information content (AvgIpc) is 3.62. The Morgan fingerprint density at radius 3 is 2.49 bits per heavy atom. The molecule has 10 heteroatoms. The summed E-state index contributed by atoms with van der Waals surface area (Å²) in [7, 11) is 3.59. The number of amides is 1. The first-order valence-electron chi connectivity index (χ1n) is 14.1. The summed E-state index contributed by atoms with van der Waals surface area (Å²) in [4.78, 5) is 29.2. The van der Waals surface area contributed by atoms with Crippen LogP contribution in [0.15, 0.2) is 24.5 Å². The van der Waals surface area contributed by atoms with Crippen molar-refractivity contribution < 1.29 is 13.9 Å². The van der Waals surface area contributed by atoms with Crippen molar-refractivity contribution in [3.8, 4) is 0 Å². The molecule has 8 nitrogen and oxygen atoms in total. The highest BCUT2D eigenvalue weighted by Crippen LogP contribution is 2.44. The van der Waals surface area contributed by atoms with Gasteiger partial charge >= 0.3 is 0 Å². The van der Waals surface area contributed by atoms with Crippen molar-refractivity contribution >= 4 is 44.7 Å². The number of morpholine rings is 1. The lowest BCUT2D eigenvalue weighted by Crippen LogP contribution is -2.49. The van der Waals surface area contributed by atoms with Gasteiger partial charge in [-0.15, -0.1) is 11.3 Å². The number of pyridine rings is 2.